The van der Waals surface area contributed by atoms with E-state index in [2.05, 4.69) is 21.9 Å². The fraction of sp³-hybridized carbons (Fsp3) is 0.467. The molecule has 1 aliphatic rings. The third kappa shape index (κ3) is 2.33. The predicted molar refractivity (Wildman–Crippen MR) is 84.3 cm³/mol. The first-order chi connectivity index (χ1) is 10.1. The van der Waals surface area contributed by atoms with Crippen molar-refractivity contribution in [1.82, 2.24) is 14.7 Å². The number of nitrogen functional groups attached to an aromatic ring is 1. The van der Waals surface area contributed by atoms with E-state index in [1.165, 1.54) is 5.56 Å². The van der Waals surface area contributed by atoms with Crippen LogP contribution in [0.3, 0.4) is 0 Å². The molecular formula is C15H20N4OS. The smallest absolute Gasteiger partial charge is 0.274 e. The second-order valence-electron chi connectivity index (χ2n) is 5.40. The second kappa shape index (κ2) is 5.52. The Morgan fingerprint density at radius 2 is 2.38 bits per heavy atom. The summed E-state index contributed by atoms with van der Waals surface area (Å²) in [6, 6.07) is 2.27. The Morgan fingerprint density at radius 1 is 1.57 bits per heavy atom. The molecule has 0 radical (unpaired) electrons. The van der Waals surface area contributed by atoms with E-state index in [4.69, 9.17) is 5.73 Å². The number of amides is 1. The van der Waals surface area contributed by atoms with Gasteiger partial charge in [0.15, 0.2) is 0 Å². The van der Waals surface area contributed by atoms with E-state index >= 15 is 0 Å². The quantitative estimate of drug-likeness (QED) is 0.948. The van der Waals surface area contributed by atoms with Crippen molar-refractivity contribution in [3.63, 3.8) is 0 Å². The molecule has 1 aliphatic heterocycles. The number of likely N-dealkylation sites (tertiary alicyclic amines) is 1. The number of hydrogen-bond acceptors (Lipinski definition) is 4. The molecule has 1 unspecified atom stereocenters. The zero-order chi connectivity index (χ0) is 15.0. The molecule has 1 fully saturated rings. The van der Waals surface area contributed by atoms with Crippen molar-refractivity contribution in [2.45, 2.75) is 32.2 Å². The van der Waals surface area contributed by atoms with Crippen LogP contribution in [0.2, 0.25) is 0 Å². The Bertz CT molecular complexity index is 647. The molecule has 2 N–H and O–H groups in total. The van der Waals surface area contributed by atoms with E-state index in [0.29, 0.717) is 11.4 Å². The number of thiophene rings is 1. The minimum absolute atomic E-state index is 0.00380. The van der Waals surface area contributed by atoms with Crippen LogP contribution in [0.1, 0.15) is 47.6 Å². The molecule has 1 atom stereocenters. The highest BCUT2D eigenvalue weighted by molar-refractivity contribution is 7.07. The summed E-state index contributed by atoms with van der Waals surface area (Å²) in [6.45, 7) is 2.78. The van der Waals surface area contributed by atoms with Gasteiger partial charge in [0.05, 0.1) is 17.4 Å². The number of aromatic nitrogens is 2. The van der Waals surface area contributed by atoms with Crippen LogP contribution in [-0.2, 0) is 13.5 Å². The molecule has 0 aromatic carbocycles. The van der Waals surface area contributed by atoms with E-state index in [1.54, 1.807) is 23.1 Å². The minimum Gasteiger partial charge on any atom is -0.395 e. The van der Waals surface area contributed by atoms with Gasteiger partial charge in [0, 0.05) is 13.6 Å². The van der Waals surface area contributed by atoms with Crippen LogP contribution in [0.25, 0.3) is 0 Å². The van der Waals surface area contributed by atoms with Gasteiger partial charge in [0.1, 0.15) is 5.69 Å². The molecule has 0 saturated carbocycles. The monoisotopic (exact) mass is 304 g/mol. The van der Waals surface area contributed by atoms with Crippen molar-refractivity contribution in [2.75, 3.05) is 12.3 Å². The summed E-state index contributed by atoms with van der Waals surface area (Å²) < 4.78 is 1.62. The zero-order valence-corrected chi connectivity index (χ0v) is 13.2. The van der Waals surface area contributed by atoms with Crippen LogP contribution in [0.15, 0.2) is 16.8 Å². The Balaban J connectivity index is 1.93. The Hall–Kier alpha value is -1.82. The maximum Gasteiger partial charge on any atom is 0.274 e. The maximum absolute atomic E-state index is 12.9. The molecule has 1 saturated heterocycles. The van der Waals surface area contributed by atoms with Gasteiger partial charge < -0.3 is 10.6 Å². The van der Waals surface area contributed by atoms with Gasteiger partial charge in [-0.05, 0) is 41.7 Å². The highest BCUT2D eigenvalue weighted by Crippen LogP contribution is 2.35. The molecule has 21 heavy (non-hydrogen) atoms. The minimum atomic E-state index is -0.00380. The van der Waals surface area contributed by atoms with Crippen LogP contribution < -0.4 is 5.73 Å². The average molecular weight is 304 g/mol. The lowest BCUT2D eigenvalue weighted by Crippen LogP contribution is -2.32. The Kier molecular flexibility index (Phi) is 3.71. The van der Waals surface area contributed by atoms with Crippen LogP contribution in [0, 0.1) is 0 Å². The number of anilines is 1. The third-order valence-electron chi connectivity index (χ3n) is 4.14. The molecule has 5 nitrogen and oxygen atoms in total. The first-order valence-corrected chi connectivity index (χ1v) is 8.22. The molecule has 0 aliphatic carbocycles. The topological polar surface area (TPSA) is 64.2 Å². The fourth-order valence-corrected chi connectivity index (χ4v) is 3.77. The number of nitrogens with two attached hydrogens (primary N) is 1. The van der Waals surface area contributed by atoms with Gasteiger partial charge in [0.2, 0.25) is 0 Å². The molecule has 6 heteroatoms. The summed E-state index contributed by atoms with van der Waals surface area (Å²) in [5.41, 5.74) is 9.19. The van der Waals surface area contributed by atoms with E-state index in [-0.39, 0.29) is 11.9 Å². The average Bonchev–Trinajstić information content (AvgIpc) is 3.16. The van der Waals surface area contributed by atoms with Crippen molar-refractivity contribution in [2.24, 2.45) is 7.05 Å². The summed E-state index contributed by atoms with van der Waals surface area (Å²) in [5, 5.41) is 8.54. The number of nitrogens with zero attached hydrogens (tertiary/aromatic N) is 3. The summed E-state index contributed by atoms with van der Waals surface area (Å²) in [7, 11) is 1.79. The lowest BCUT2D eigenvalue weighted by molar-refractivity contribution is 0.0726. The van der Waals surface area contributed by atoms with Gasteiger partial charge >= 0.3 is 0 Å². The number of carbonyl (C=O) groups is 1. The lowest BCUT2D eigenvalue weighted by atomic mass is 10.1. The highest BCUT2D eigenvalue weighted by atomic mass is 32.1. The molecule has 3 heterocycles. The molecular weight excluding hydrogens is 284 g/mol. The second-order valence-corrected chi connectivity index (χ2v) is 6.18. The SMILES string of the molecule is CCc1nn(C)c(C(=O)N2CCCC2c2ccsc2)c1N. The van der Waals surface area contributed by atoms with Gasteiger partial charge in [-0.3, -0.25) is 9.48 Å². The standard InChI is InChI=1S/C15H20N4OS/c1-3-11-13(16)14(18(2)17-11)15(20)19-7-4-5-12(19)10-6-8-21-9-10/h6,8-9,12H,3-5,7,16H2,1-2H3. The molecule has 2 aromatic heterocycles. The van der Waals surface area contributed by atoms with Gasteiger partial charge in [-0.2, -0.15) is 16.4 Å². The van der Waals surface area contributed by atoms with Gasteiger partial charge in [-0.15, -0.1) is 0 Å². The third-order valence-corrected chi connectivity index (χ3v) is 4.84. The summed E-state index contributed by atoms with van der Waals surface area (Å²) in [4.78, 5) is 14.9. The zero-order valence-electron chi connectivity index (χ0n) is 12.4. The molecule has 0 spiro atoms. The molecule has 112 valence electrons. The lowest BCUT2D eigenvalue weighted by Gasteiger charge is -2.24. The first-order valence-electron chi connectivity index (χ1n) is 7.27. The predicted octanol–water partition coefficient (Wildman–Crippen LogP) is 2.60. The van der Waals surface area contributed by atoms with Crippen LogP contribution >= 0.6 is 11.3 Å². The Labute approximate surface area is 128 Å². The largest absolute Gasteiger partial charge is 0.395 e. The molecule has 3 rings (SSSR count). The van der Waals surface area contributed by atoms with Crippen LogP contribution in [0.5, 0.6) is 0 Å². The molecule has 0 bridgehead atoms. The van der Waals surface area contributed by atoms with E-state index in [0.717, 1.165) is 31.5 Å². The summed E-state index contributed by atoms with van der Waals surface area (Å²) in [5.74, 6) is -0.00380. The molecule has 1 amide bonds. The highest BCUT2D eigenvalue weighted by Gasteiger charge is 2.33. The normalized spacial score (nSPS) is 18.4. The number of rotatable bonds is 3. The van der Waals surface area contributed by atoms with Crippen LogP contribution in [0.4, 0.5) is 5.69 Å². The maximum atomic E-state index is 12.9. The van der Waals surface area contributed by atoms with Crippen molar-refractivity contribution in [1.29, 1.82) is 0 Å². The number of hydrogen-bond donors (Lipinski definition) is 1. The van der Waals surface area contributed by atoms with Crippen molar-refractivity contribution < 1.29 is 4.79 Å². The van der Waals surface area contributed by atoms with E-state index < -0.39 is 0 Å². The van der Waals surface area contributed by atoms with Gasteiger partial charge in [0.25, 0.3) is 5.91 Å². The summed E-state index contributed by atoms with van der Waals surface area (Å²) >= 11 is 1.67. The number of aryl methyl sites for hydroxylation is 2. The first kappa shape index (κ1) is 14.1. The summed E-state index contributed by atoms with van der Waals surface area (Å²) in [6.07, 6.45) is 2.78. The van der Waals surface area contributed by atoms with Gasteiger partial charge in [-0.25, -0.2) is 0 Å². The van der Waals surface area contributed by atoms with Crippen LogP contribution in [-0.4, -0.2) is 27.1 Å². The number of carbonyl (C=O) groups excluding carboxylic acids is 1. The van der Waals surface area contributed by atoms with E-state index in [9.17, 15) is 4.79 Å². The fourth-order valence-electron chi connectivity index (χ4n) is 3.07. The van der Waals surface area contributed by atoms with Crippen molar-refractivity contribution in [3.8, 4) is 0 Å². The van der Waals surface area contributed by atoms with Crippen molar-refractivity contribution in [3.05, 3.63) is 33.8 Å². The van der Waals surface area contributed by atoms with E-state index in [1.807, 2.05) is 11.8 Å². The Morgan fingerprint density at radius 3 is 3.00 bits per heavy atom. The van der Waals surface area contributed by atoms with Crippen molar-refractivity contribution >= 4 is 22.9 Å². The molecule has 2 aromatic rings. The van der Waals surface area contributed by atoms with Gasteiger partial charge in [-0.1, -0.05) is 6.92 Å².